The third-order valence-corrected chi connectivity index (χ3v) is 4.83. The lowest BCUT2D eigenvalue weighted by Gasteiger charge is -2.28. The average molecular weight is 309 g/mol. The highest BCUT2D eigenvalue weighted by molar-refractivity contribution is 6.30. The lowest BCUT2D eigenvalue weighted by atomic mass is 9.94. The Bertz CT molecular complexity index is 416. The van der Waals surface area contributed by atoms with Crippen molar-refractivity contribution in [3.63, 3.8) is 0 Å². The zero-order valence-electron chi connectivity index (χ0n) is 13.6. The van der Waals surface area contributed by atoms with Gasteiger partial charge in [0.1, 0.15) is 0 Å². The number of rotatable bonds is 5. The second kappa shape index (κ2) is 8.17. The van der Waals surface area contributed by atoms with Gasteiger partial charge < -0.3 is 10.2 Å². The van der Waals surface area contributed by atoms with Gasteiger partial charge in [-0.2, -0.15) is 0 Å². The van der Waals surface area contributed by atoms with Gasteiger partial charge in [0.15, 0.2) is 0 Å². The van der Waals surface area contributed by atoms with Crippen LogP contribution in [0.4, 0.5) is 0 Å². The van der Waals surface area contributed by atoms with Crippen LogP contribution in [0.5, 0.6) is 0 Å². The maximum absolute atomic E-state index is 6.02. The van der Waals surface area contributed by atoms with Gasteiger partial charge in [-0.3, -0.25) is 0 Å². The summed E-state index contributed by atoms with van der Waals surface area (Å²) in [7, 11) is 0. The fourth-order valence-electron chi connectivity index (χ4n) is 3.24. The quantitative estimate of drug-likeness (QED) is 0.861. The van der Waals surface area contributed by atoms with Crippen LogP contribution in [0.3, 0.4) is 0 Å². The predicted molar refractivity (Wildman–Crippen MR) is 91.9 cm³/mol. The van der Waals surface area contributed by atoms with E-state index in [9.17, 15) is 0 Å². The van der Waals surface area contributed by atoms with Crippen molar-refractivity contribution < 1.29 is 0 Å². The topological polar surface area (TPSA) is 15.3 Å². The Hall–Kier alpha value is -0.570. The summed E-state index contributed by atoms with van der Waals surface area (Å²) < 4.78 is 0. The number of hydrogen-bond donors (Lipinski definition) is 1. The number of halogens is 1. The Morgan fingerprint density at radius 1 is 1.19 bits per heavy atom. The molecule has 0 amide bonds. The molecule has 2 nitrogen and oxygen atoms in total. The number of benzene rings is 1. The molecule has 1 aliphatic heterocycles. The van der Waals surface area contributed by atoms with E-state index in [0.29, 0.717) is 18.0 Å². The molecule has 1 aliphatic rings. The molecule has 1 fully saturated rings. The van der Waals surface area contributed by atoms with Crippen LogP contribution in [0, 0.1) is 5.92 Å². The van der Waals surface area contributed by atoms with Crippen molar-refractivity contribution in [1.29, 1.82) is 0 Å². The van der Waals surface area contributed by atoms with Crippen LogP contribution in [-0.2, 0) is 0 Å². The zero-order chi connectivity index (χ0) is 15.2. The molecule has 0 spiro atoms. The Kier molecular flexibility index (Phi) is 6.53. The van der Waals surface area contributed by atoms with E-state index in [1.807, 2.05) is 12.1 Å². The third-order valence-electron chi connectivity index (χ3n) is 4.58. The van der Waals surface area contributed by atoms with Gasteiger partial charge in [-0.1, -0.05) is 44.5 Å². The summed E-state index contributed by atoms with van der Waals surface area (Å²) in [6.07, 6.45) is 3.84. The molecule has 1 heterocycles. The molecular formula is C18H29ClN2. The van der Waals surface area contributed by atoms with Gasteiger partial charge in [-0.15, -0.1) is 0 Å². The molecule has 0 radical (unpaired) electrons. The lowest BCUT2D eigenvalue weighted by Crippen LogP contribution is -2.36. The van der Waals surface area contributed by atoms with Crippen molar-refractivity contribution in [2.45, 2.75) is 52.1 Å². The Labute approximate surface area is 134 Å². The van der Waals surface area contributed by atoms with Crippen molar-refractivity contribution in [1.82, 2.24) is 10.2 Å². The number of hydrogen-bond acceptors (Lipinski definition) is 2. The summed E-state index contributed by atoms with van der Waals surface area (Å²) in [5.41, 5.74) is 1.35. The van der Waals surface area contributed by atoms with Crippen LogP contribution in [0.2, 0.25) is 5.02 Å². The average Bonchev–Trinajstić information content (AvgIpc) is 2.70. The van der Waals surface area contributed by atoms with E-state index in [-0.39, 0.29) is 0 Å². The van der Waals surface area contributed by atoms with E-state index in [1.54, 1.807) is 0 Å². The van der Waals surface area contributed by atoms with Crippen LogP contribution in [0.1, 0.15) is 51.6 Å². The predicted octanol–water partition coefficient (Wildman–Crippen LogP) is 4.50. The van der Waals surface area contributed by atoms with E-state index in [1.165, 1.54) is 44.5 Å². The maximum Gasteiger partial charge on any atom is 0.0406 e. The Balaban J connectivity index is 2.01. The first kappa shape index (κ1) is 16.8. The van der Waals surface area contributed by atoms with Gasteiger partial charge in [0, 0.05) is 17.1 Å². The standard InChI is InChI=1S/C18H29ClN2/c1-4-21-12-5-6-17(11-13-21)20-18(14(2)3)15-7-9-16(19)10-8-15/h7-10,14,17-18,20H,4-6,11-13H2,1-3H3. The minimum atomic E-state index is 0.417. The fraction of sp³-hybridized carbons (Fsp3) is 0.667. The molecule has 2 atom stereocenters. The van der Waals surface area contributed by atoms with E-state index in [0.717, 1.165) is 5.02 Å². The van der Waals surface area contributed by atoms with Gasteiger partial charge in [-0.25, -0.2) is 0 Å². The van der Waals surface area contributed by atoms with E-state index in [2.05, 4.69) is 43.1 Å². The summed E-state index contributed by atoms with van der Waals surface area (Å²) in [4.78, 5) is 2.56. The summed E-state index contributed by atoms with van der Waals surface area (Å²) in [5, 5.41) is 4.72. The molecule has 2 unspecified atom stereocenters. The summed E-state index contributed by atoms with van der Waals surface area (Å²) in [5.74, 6) is 0.580. The molecule has 1 aromatic rings. The first-order valence-electron chi connectivity index (χ1n) is 8.34. The smallest absolute Gasteiger partial charge is 0.0406 e. The van der Waals surface area contributed by atoms with Crippen molar-refractivity contribution in [3.8, 4) is 0 Å². The minimum Gasteiger partial charge on any atom is -0.307 e. The van der Waals surface area contributed by atoms with Crippen LogP contribution < -0.4 is 5.32 Å². The van der Waals surface area contributed by atoms with Gasteiger partial charge >= 0.3 is 0 Å². The van der Waals surface area contributed by atoms with E-state index >= 15 is 0 Å². The highest BCUT2D eigenvalue weighted by Gasteiger charge is 2.22. The highest BCUT2D eigenvalue weighted by atomic mass is 35.5. The summed E-state index contributed by atoms with van der Waals surface area (Å²) in [6.45, 7) is 10.5. The highest BCUT2D eigenvalue weighted by Crippen LogP contribution is 2.25. The van der Waals surface area contributed by atoms with Crippen LogP contribution in [0.15, 0.2) is 24.3 Å². The molecule has 3 heteroatoms. The van der Waals surface area contributed by atoms with Crippen molar-refractivity contribution in [2.75, 3.05) is 19.6 Å². The van der Waals surface area contributed by atoms with Crippen LogP contribution in [0.25, 0.3) is 0 Å². The largest absolute Gasteiger partial charge is 0.307 e. The van der Waals surface area contributed by atoms with E-state index < -0.39 is 0 Å². The van der Waals surface area contributed by atoms with Crippen LogP contribution in [-0.4, -0.2) is 30.6 Å². The molecule has 2 rings (SSSR count). The Morgan fingerprint density at radius 3 is 2.52 bits per heavy atom. The van der Waals surface area contributed by atoms with Gasteiger partial charge in [0.2, 0.25) is 0 Å². The molecule has 0 aliphatic carbocycles. The molecule has 1 aromatic carbocycles. The summed E-state index contributed by atoms with van der Waals surface area (Å²) >= 11 is 6.02. The monoisotopic (exact) mass is 308 g/mol. The second-order valence-electron chi connectivity index (χ2n) is 6.50. The lowest BCUT2D eigenvalue weighted by molar-refractivity contribution is 0.290. The molecule has 0 saturated carbocycles. The SMILES string of the molecule is CCN1CCCC(NC(c2ccc(Cl)cc2)C(C)C)CC1. The van der Waals surface area contributed by atoms with Gasteiger partial charge in [0.25, 0.3) is 0 Å². The number of nitrogens with zero attached hydrogens (tertiary/aromatic N) is 1. The van der Waals surface area contributed by atoms with Crippen molar-refractivity contribution >= 4 is 11.6 Å². The first-order chi connectivity index (χ1) is 10.1. The second-order valence-corrected chi connectivity index (χ2v) is 6.94. The molecule has 118 valence electrons. The van der Waals surface area contributed by atoms with Gasteiger partial charge in [-0.05, 0) is 62.5 Å². The molecule has 1 saturated heterocycles. The molecular weight excluding hydrogens is 280 g/mol. The fourth-order valence-corrected chi connectivity index (χ4v) is 3.36. The molecule has 0 aromatic heterocycles. The summed E-state index contributed by atoms with van der Waals surface area (Å²) in [6, 6.07) is 9.37. The van der Waals surface area contributed by atoms with Crippen molar-refractivity contribution in [2.24, 2.45) is 5.92 Å². The molecule has 1 N–H and O–H groups in total. The van der Waals surface area contributed by atoms with E-state index in [4.69, 9.17) is 11.6 Å². The zero-order valence-corrected chi connectivity index (χ0v) is 14.4. The molecule has 21 heavy (non-hydrogen) atoms. The first-order valence-corrected chi connectivity index (χ1v) is 8.71. The van der Waals surface area contributed by atoms with Crippen LogP contribution >= 0.6 is 11.6 Å². The molecule has 0 bridgehead atoms. The minimum absolute atomic E-state index is 0.417. The third kappa shape index (κ3) is 4.98. The van der Waals surface area contributed by atoms with Gasteiger partial charge in [0.05, 0.1) is 0 Å². The Morgan fingerprint density at radius 2 is 1.90 bits per heavy atom. The maximum atomic E-state index is 6.02. The normalized spacial score (nSPS) is 22.2. The number of nitrogens with one attached hydrogen (secondary N) is 1. The van der Waals surface area contributed by atoms with Crippen molar-refractivity contribution in [3.05, 3.63) is 34.9 Å². The number of likely N-dealkylation sites (tertiary alicyclic amines) is 1.